The van der Waals surface area contributed by atoms with Crippen molar-refractivity contribution in [2.45, 2.75) is 51.7 Å². The number of rotatable bonds is 4. The van der Waals surface area contributed by atoms with Gasteiger partial charge in [-0.25, -0.2) is 0 Å². The lowest BCUT2D eigenvalue weighted by Gasteiger charge is -2.39. The van der Waals surface area contributed by atoms with Gasteiger partial charge in [-0.15, -0.1) is 0 Å². The van der Waals surface area contributed by atoms with Crippen molar-refractivity contribution in [1.29, 1.82) is 0 Å². The SMILES string of the molecule is CCC1C(=O)NC(C2CC2)C(=O)N1Cc1ccccc1C. The summed E-state index contributed by atoms with van der Waals surface area (Å²) in [5, 5.41) is 2.93. The summed E-state index contributed by atoms with van der Waals surface area (Å²) >= 11 is 0. The first-order valence-corrected chi connectivity index (χ1v) is 7.77. The third-order valence-electron chi connectivity index (χ3n) is 4.61. The second-order valence-corrected chi connectivity index (χ2v) is 6.14. The summed E-state index contributed by atoms with van der Waals surface area (Å²) < 4.78 is 0. The monoisotopic (exact) mass is 286 g/mol. The van der Waals surface area contributed by atoms with E-state index in [1.165, 1.54) is 0 Å². The zero-order chi connectivity index (χ0) is 15.0. The average Bonchev–Trinajstić information content (AvgIpc) is 3.29. The summed E-state index contributed by atoms with van der Waals surface area (Å²) in [5.41, 5.74) is 2.28. The molecule has 1 aliphatic carbocycles. The van der Waals surface area contributed by atoms with Crippen molar-refractivity contribution in [3.05, 3.63) is 35.4 Å². The van der Waals surface area contributed by atoms with Crippen molar-refractivity contribution in [3.8, 4) is 0 Å². The third kappa shape index (κ3) is 2.67. The fraction of sp³-hybridized carbons (Fsp3) is 0.529. The van der Waals surface area contributed by atoms with E-state index < -0.39 is 0 Å². The minimum absolute atomic E-state index is 0.00239. The molecule has 1 heterocycles. The molecule has 0 radical (unpaired) electrons. The Morgan fingerprint density at radius 3 is 2.57 bits per heavy atom. The molecule has 2 aliphatic rings. The van der Waals surface area contributed by atoms with Crippen LogP contribution in [-0.2, 0) is 16.1 Å². The highest BCUT2D eigenvalue weighted by Crippen LogP contribution is 2.35. The van der Waals surface area contributed by atoms with Crippen LogP contribution in [0.2, 0.25) is 0 Å². The molecule has 0 aromatic heterocycles. The van der Waals surface area contributed by atoms with Crippen LogP contribution in [0.15, 0.2) is 24.3 Å². The van der Waals surface area contributed by atoms with Gasteiger partial charge in [-0.05, 0) is 43.2 Å². The van der Waals surface area contributed by atoms with Gasteiger partial charge in [-0.1, -0.05) is 31.2 Å². The zero-order valence-corrected chi connectivity index (χ0v) is 12.6. The van der Waals surface area contributed by atoms with Gasteiger partial charge in [0.05, 0.1) is 0 Å². The van der Waals surface area contributed by atoms with Crippen LogP contribution < -0.4 is 5.32 Å². The Morgan fingerprint density at radius 1 is 1.24 bits per heavy atom. The summed E-state index contributed by atoms with van der Waals surface area (Å²) in [6.45, 7) is 4.53. The van der Waals surface area contributed by atoms with Crippen LogP contribution in [0.3, 0.4) is 0 Å². The summed E-state index contributed by atoms with van der Waals surface area (Å²) in [5.74, 6) is 0.438. The number of aryl methyl sites for hydroxylation is 1. The van der Waals surface area contributed by atoms with E-state index >= 15 is 0 Å². The maximum Gasteiger partial charge on any atom is 0.246 e. The minimum Gasteiger partial charge on any atom is -0.342 e. The molecule has 1 saturated heterocycles. The number of nitrogens with zero attached hydrogens (tertiary/aromatic N) is 1. The van der Waals surface area contributed by atoms with Crippen LogP contribution in [0.4, 0.5) is 0 Å². The van der Waals surface area contributed by atoms with Crippen LogP contribution in [0.5, 0.6) is 0 Å². The Kier molecular flexibility index (Phi) is 3.70. The topological polar surface area (TPSA) is 49.4 Å². The molecule has 1 N–H and O–H groups in total. The standard InChI is InChI=1S/C17H22N2O2/c1-3-14-16(20)18-15(12-8-9-12)17(21)19(14)10-13-7-5-4-6-11(13)2/h4-7,12,14-15H,3,8-10H2,1-2H3,(H,18,20). The van der Waals surface area contributed by atoms with Gasteiger partial charge in [-0.2, -0.15) is 0 Å². The van der Waals surface area contributed by atoms with Crippen LogP contribution in [0, 0.1) is 12.8 Å². The Morgan fingerprint density at radius 2 is 1.95 bits per heavy atom. The van der Waals surface area contributed by atoms with Crippen LogP contribution in [-0.4, -0.2) is 28.8 Å². The molecule has 1 aliphatic heterocycles. The van der Waals surface area contributed by atoms with Gasteiger partial charge in [0.25, 0.3) is 0 Å². The smallest absolute Gasteiger partial charge is 0.246 e. The van der Waals surface area contributed by atoms with Gasteiger partial charge >= 0.3 is 0 Å². The Hall–Kier alpha value is -1.84. The molecular weight excluding hydrogens is 264 g/mol. The summed E-state index contributed by atoms with van der Waals surface area (Å²) in [6.07, 6.45) is 2.75. The van der Waals surface area contributed by atoms with Crippen molar-refractivity contribution >= 4 is 11.8 Å². The molecule has 0 spiro atoms. The van der Waals surface area contributed by atoms with Gasteiger partial charge in [0.2, 0.25) is 11.8 Å². The number of nitrogens with one attached hydrogen (secondary N) is 1. The largest absolute Gasteiger partial charge is 0.342 e. The first kappa shape index (κ1) is 14.1. The van der Waals surface area contributed by atoms with Gasteiger partial charge < -0.3 is 10.2 Å². The predicted octanol–water partition coefficient (Wildman–Crippen LogP) is 2.01. The average molecular weight is 286 g/mol. The highest BCUT2D eigenvalue weighted by Gasteiger charge is 2.46. The van der Waals surface area contributed by atoms with E-state index in [9.17, 15) is 9.59 Å². The second kappa shape index (κ2) is 5.51. The summed E-state index contributed by atoms with van der Waals surface area (Å²) in [4.78, 5) is 26.8. The van der Waals surface area contributed by atoms with E-state index in [0.717, 1.165) is 24.0 Å². The Bertz CT molecular complexity index is 566. The highest BCUT2D eigenvalue weighted by atomic mass is 16.2. The fourth-order valence-corrected chi connectivity index (χ4v) is 3.10. The van der Waals surface area contributed by atoms with Gasteiger partial charge in [0.15, 0.2) is 0 Å². The second-order valence-electron chi connectivity index (χ2n) is 6.14. The lowest BCUT2D eigenvalue weighted by Crippen LogP contribution is -2.63. The van der Waals surface area contributed by atoms with E-state index in [2.05, 4.69) is 5.32 Å². The molecular formula is C17H22N2O2. The number of carbonyl (C=O) groups is 2. The first-order chi connectivity index (χ1) is 10.1. The summed E-state index contributed by atoms with van der Waals surface area (Å²) in [7, 11) is 0. The number of carbonyl (C=O) groups excluding carboxylic acids is 2. The molecule has 3 rings (SSSR count). The number of hydrogen-bond donors (Lipinski definition) is 1. The third-order valence-corrected chi connectivity index (χ3v) is 4.61. The molecule has 4 heteroatoms. The van der Waals surface area contributed by atoms with E-state index in [1.54, 1.807) is 4.90 Å². The molecule has 1 aromatic rings. The lowest BCUT2D eigenvalue weighted by molar-refractivity contribution is -0.150. The van der Waals surface area contributed by atoms with Crippen molar-refractivity contribution in [1.82, 2.24) is 10.2 Å². The summed E-state index contributed by atoms with van der Waals surface area (Å²) in [6, 6.07) is 7.41. The van der Waals surface area contributed by atoms with Gasteiger partial charge in [0.1, 0.15) is 12.1 Å². The normalized spacial score (nSPS) is 25.9. The van der Waals surface area contributed by atoms with Crippen molar-refractivity contribution in [3.63, 3.8) is 0 Å². The molecule has 2 atom stereocenters. The molecule has 0 bridgehead atoms. The zero-order valence-electron chi connectivity index (χ0n) is 12.6. The lowest BCUT2D eigenvalue weighted by atomic mass is 10.00. The van der Waals surface area contributed by atoms with E-state index in [-0.39, 0.29) is 23.9 Å². The van der Waals surface area contributed by atoms with E-state index in [0.29, 0.717) is 18.9 Å². The van der Waals surface area contributed by atoms with Crippen LogP contribution in [0.25, 0.3) is 0 Å². The highest BCUT2D eigenvalue weighted by molar-refractivity contribution is 5.97. The van der Waals surface area contributed by atoms with Crippen LogP contribution >= 0.6 is 0 Å². The van der Waals surface area contributed by atoms with Crippen molar-refractivity contribution in [2.24, 2.45) is 5.92 Å². The first-order valence-electron chi connectivity index (χ1n) is 7.77. The molecule has 2 unspecified atom stereocenters. The maximum atomic E-state index is 12.7. The van der Waals surface area contributed by atoms with E-state index in [4.69, 9.17) is 0 Å². The predicted molar refractivity (Wildman–Crippen MR) is 80.5 cm³/mol. The molecule has 2 amide bonds. The van der Waals surface area contributed by atoms with Crippen molar-refractivity contribution < 1.29 is 9.59 Å². The Balaban J connectivity index is 1.86. The molecule has 1 aromatic carbocycles. The van der Waals surface area contributed by atoms with Crippen molar-refractivity contribution in [2.75, 3.05) is 0 Å². The van der Waals surface area contributed by atoms with E-state index in [1.807, 2.05) is 38.1 Å². The quantitative estimate of drug-likeness (QED) is 0.920. The van der Waals surface area contributed by atoms with Gasteiger partial charge in [-0.3, -0.25) is 9.59 Å². The number of amides is 2. The molecule has 1 saturated carbocycles. The molecule has 4 nitrogen and oxygen atoms in total. The van der Waals surface area contributed by atoms with Gasteiger partial charge in [0, 0.05) is 6.54 Å². The number of hydrogen-bond acceptors (Lipinski definition) is 2. The molecule has 21 heavy (non-hydrogen) atoms. The number of benzene rings is 1. The molecule has 2 fully saturated rings. The Labute approximate surface area is 125 Å². The van der Waals surface area contributed by atoms with Crippen LogP contribution in [0.1, 0.15) is 37.3 Å². The minimum atomic E-state index is -0.341. The fourth-order valence-electron chi connectivity index (χ4n) is 3.10. The number of piperazine rings is 1. The maximum absolute atomic E-state index is 12.7. The molecule has 112 valence electrons.